The first-order chi connectivity index (χ1) is 23.9. The van der Waals surface area contributed by atoms with Crippen molar-refractivity contribution in [3.8, 4) is 11.5 Å². The molecule has 288 valence electrons. The number of aliphatic hydroxyl groups excluding tert-OH is 2. The maximum Gasteiger partial charge on any atom is 0.527 e. The summed E-state index contributed by atoms with van der Waals surface area (Å²) in [5, 5.41) is 21.2. The minimum absolute atomic E-state index is 0.00932. The fourth-order valence-corrected chi connectivity index (χ4v) is 8.32. The molecule has 1 aromatic carbocycles. The van der Waals surface area contributed by atoms with Crippen LogP contribution in [0.2, 0.25) is 0 Å². The SMILES string of the molecule is C=C1N=C(N)N=CN1[C@@H]1O[C@H](COP(=O)(O)Oc2c(C)c(C)c3c(c2C)CCC(C)(CCCC(C)CCCC(C)CCCC(C)C)O3)[C@H](O)C1O. The summed E-state index contributed by atoms with van der Waals surface area (Å²) in [5.74, 6) is 3.55. The summed E-state index contributed by atoms with van der Waals surface area (Å²) in [6.45, 7) is 20.5. The molecule has 0 saturated carbocycles. The molecule has 5 unspecified atom stereocenters. The number of phosphoric acid groups is 1. The molecular formula is C38H63N4O8P. The van der Waals surface area contributed by atoms with Crippen LogP contribution in [0.5, 0.6) is 11.5 Å². The molecule has 1 saturated heterocycles. The Balaban J connectivity index is 1.29. The second-order valence-corrected chi connectivity index (χ2v) is 17.2. The number of fused-ring (bicyclic) bond motifs is 1. The zero-order valence-corrected chi connectivity index (χ0v) is 33.0. The maximum absolute atomic E-state index is 13.2. The molecule has 1 aromatic rings. The Bertz CT molecular complexity index is 1480. The summed E-state index contributed by atoms with van der Waals surface area (Å²) in [7, 11) is -4.68. The van der Waals surface area contributed by atoms with Gasteiger partial charge in [-0.05, 0) is 87.8 Å². The van der Waals surface area contributed by atoms with Crippen molar-refractivity contribution in [3.63, 3.8) is 0 Å². The van der Waals surface area contributed by atoms with Crippen LogP contribution in [0.4, 0.5) is 0 Å². The van der Waals surface area contributed by atoms with Crippen LogP contribution in [0, 0.1) is 38.5 Å². The van der Waals surface area contributed by atoms with E-state index in [0.29, 0.717) is 11.5 Å². The first-order valence-corrected chi connectivity index (χ1v) is 20.3. The van der Waals surface area contributed by atoms with Crippen molar-refractivity contribution in [2.45, 2.75) is 156 Å². The monoisotopic (exact) mass is 734 g/mol. The smallest absolute Gasteiger partial charge is 0.487 e. The van der Waals surface area contributed by atoms with Gasteiger partial charge in [-0.25, -0.2) is 9.56 Å². The van der Waals surface area contributed by atoms with Crippen molar-refractivity contribution in [2.24, 2.45) is 33.5 Å². The molecule has 12 nitrogen and oxygen atoms in total. The topological polar surface area (TPSA) is 169 Å². The molecule has 13 heteroatoms. The third kappa shape index (κ3) is 10.8. The van der Waals surface area contributed by atoms with Crippen LogP contribution in [0.1, 0.15) is 121 Å². The van der Waals surface area contributed by atoms with Crippen LogP contribution >= 0.6 is 7.82 Å². The lowest BCUT2D eigenvalue weighted by molar-refractivity contribution is -0.0598. The van der Waals surface area contributed by atoms with E-state index in [1.807, 2.05) is 20.8 Å². The van der Waals surface area contributed by atoms with Crippen LogP contribution in [0.25, 0.3) is 0 Å². The molecule has 0 aliphatic carbocycles. The Morgan fingerprint density at radius 1 is 1.02 bits per heavy atom. The molecule has 51 heavy (non-hydrogen) atoms. The number of guanidine groups is 1. The fraction of sp³-hybridized carbons (Fsp3) is 0.737. The molecule has 0 spiro atoms. The van der Waals surface area contributed by atoms with Gasteiger partial charge in [0.05, 0.1) is 6.61 Å². The van der Waals surface area contributed by atoms with Crippen molar-refractivity contribution in [1.82, 2.24) is 4.90 Å². The number of ether oxygens (including phenoxy) is 2. The average Bonchev–Trinajstić information content (AvgIpc) is 3.33. The van der Waals surface area contributed by atoms with Gasteiger partial charge in [0.25, 0.3) is 0 Å². The lowest BCUT2D eigenvalue weighted by Gasteiger charge is -2.38. The minimum atomic E-state index is -4.68. The van der Waals surface area contributed by atoms with Gasteiger partial charge in [-0.3, -0.25) is 14.3 Å². The fourth-order valence-electron chi connectivity index (χ4n) is 7.42. The molecule has 5 N–H and O–H groups in total. The van der Waals surface area contributed by atoms with Gasteiger partial charge in [-0.2, -0.15) is 4.99 Å². The van der Waals surface area contributed by atoms with Gasteiger partial charge in [0, 0.05) is 5.56 Å². The standard InChI is InChI=1S/C38H63N4O8P/c1-23(2)13-10-14-24(3)15-11-16-25(4)17-12-19-38(9)20-18-30-28(7)34(26(5)27(6)35(30)49-38)50-51(45,46)47-21-31-32(43)33(44)36(48-31)42-22-40-37(39)41-29(42)8/h22-25,31-33,36,43-44H,8,10-21H2,1-7,9H3,(H2,39,41)(H,45,46)/t24?,25?,31-,32+,33?,36-,38?/m1/s1. The van der Waals surface area contributed by atoms with E-state index >= 15 is 0 Å². The van der Waals surface area contributed by atoms with E-state index in [0.717, 1.165) is 60.0 Å². The highest BCUT2D eigenvalue weighted by molar-refractivity contribution is 7.47. The number of hydrogen-bond donors (Lipinski definition) is 4. The molecule has 3 heterocycles. The normalized spacial score (nSPS) is 27.2. The van der Waals surface area contributed by atoms with Crippen LogP contribution in [-0.2, 0) is 20.2 Å². The van der Waals surface area contributed by atoms with Crippen LogP contribution in [0.15, 0.2) is 22.4 Å². The first kappa shape index (κ1) is 41.3. The van der Waals surface area contributed by atoms with E-state index in [-0.39, 0.29) is 23.1 Å². The van der Waals surface area contributed by atoms with E-state index < -0.39 is 39.0 Å². The van der Waals surface area contributed by atoms with Gasteiger partial charge < -0.3 is 29.9 Å². The van der Waals surface area contributed by atoms with E-state index in [1.54, 1.807) is 0 Å². The Labute approximate surface area is 305 Å². The number of nitrogens with zero attached hydrogens (tertiary/aromatic N) is 3. The van der Waals surface area contributed by atoms with Gasteiger partial charge in [0.2, 0.25) is 5.96 Å². The van der Waals surface area contributed by atoms with Crippen LogP contribution in [-0.4, -0.2) is 69.1 Å². The van der Waals surface area contributed by atoms with Gasteiger partial charge in [-0.15, -0.1) is 0 Å². The Hall–Kier alpha value is -2.47. The molecular weight excluding hydrogens is 671 g/mol. The highest BCUT2D eigenvalue weighted by atomic mass is 31.2. The molecule has 0 aromatic heterocycles. The minimum Gasteiger partial charge on any atom is -0.487 e. The molecule has 1 fully saturated rings. The maximum atomic E-state index is 13.2. The highest BCUT2D eigenvalue weighted by Crippen LogP contribution is 2.51. The summed E-state index contributed by atoms with van der Waals surface area (Å²) in [4.78, 5) is 19.9. The predicted molar refractivity (Wildman–Crippen MR) is 201 cm³/mol. The van der Waals surface area contributed by atoms with Crippen LogP contribution in [0.3, 0.4) is 0 Å². The highest BCUT2D eigenvalue weighted by Gasteiger charge is 2.47. The van der Waals surface area contributed by atoms with E-state index in [4.69, 9.17) is 24.3 Å². The van der Waals surface area contributed by atoms with E-state index in [1.165, 1.54) is 56.2 Å². The molecule has 4 rings (SSSR count). The number of hydrogen-bond acceptors (Lipinski definition) is 11. The zero-order valence-electron chi connectivity index (χ0n) is 32.1. The zero-order chi connectivity index (χ0) is 37.7. The average molecular weight is 735 g/mol. The van der Waals surface area contributed by atoms with Crippen molar-refractivity contribution in [2.75, 3.05) is 6.61 Å². The summed E-state index contributed by atoms with van der Waals surface area (Å²) < 4.78 is 36.7. The van der Waals surface area contributed by atoms with Gasteiger partial charge >= 0.3 is 7.82 Å². The third-order valence-corrected chi connectivity index (χ3v) is 11.8. The summed E-state index contributed by atoms with van der Waals surface area (Å²) in [5.41, 5.74) is 8.55. The summed E-state index contributed by atoms with van der Waals surface area (Å²) >= 11 is 0. The number of phosphoric ester groups is 1. The number of rotatable bonds is 18. The Kier molecular flexibility index (Phi) is 14.2. The second-order valence-electron chi connectivity index (χ2n) is 15.9. The second kappa shape index (κ2) is 17.6. The molecule has 3 aliphatic rings. The summed E-state index contributed by atoms with van der Waals surface area (Å²) in [6.07, 6.45) is 9.00. The number of benzene rings is 1. The van der Waals surface area contributed by atoms with Crippen LogP contribution < -0.4 is 15.0 Å². The van der Waals surface area contributed by atoms with Crippen molar-refractivity contribution in [3.05, 3.63) is 34.7 Å². The largest absolute Gasteiger partial charge is 0.527 e. The Morgan fingerprint density at radius 2 is 1.65 bits per heavy atom. The first-order valence-electron chi connectivity index (χ1n) is 18.8. The third-order valence-electron chi connectivity index (χ3n) is 10.9. The van der Waals surface area contributed by atoms with Crippen molar-refractivity contribution < 1.29 is 38.2 Å². The predicted octanol–water partition coefficient (Wildman–Crippen LogP) is 7.21. The van der Waals surface area contributed by atoms with Gasteiger partial charge in [0.1, 0.15) is 47.6 Å². The number of aliphatic imine (C=N–C) groups is 2. The van der Waals surface area contributed by atoms with Gasteiger partial charge in [0.15, 0.2) is 6.23 Å². The van der Waals surface area contributed by atoms with Crippen molar-refractivity contribution in [1.29, 1.82) is 0 Å². The van der Waals surface area contributed by atoms with Crippen molar-refractivity contribution >= 4 is 20.1 Å². The quantitative estimate of drug-likeness (QED) is 0.113. The molecule has 0 bridgehead atoms. The van der Waals surface area contributed by atoms with E-state index in [9.17, 15) is 19.7 Å². The summed E-state index contributed by atoms with van der Waals surface area (Å²) in [6, 6.07) is 0. The van der Waals surface area contributed by atoms with E-state index in [2.05, 4.69) is 51.2 Å². The molecule has 0 amide bonds. The Morgan fingerprint density at radius 3 is 2.27 bits per heavy atom. The molecule has 8 atom stereocenters. The molecule has 3 aliphatic heterocycles. The number of nitrogens with two attached hydrogens (primary N) is 1. The molecule has 0 radical (unpaired) electrons. The lowest BCUT2D eigenvalue weighted by Crippen LogP contribution is -2.44. The van der Waals surface area contributed by atoms with Gasteiger partial charge in [-0.1, -0.05) is 79.2 Å². The number of aliphatic hydroxyl groups is 2. The lowest BCUT2D eigenvalue weighted by atomic mass is 9.84.